The lowest BCUT2D eigenvalue weighted by Gasteiger charge is -2.07. The highest BCUT2D eigenvalue weighted by molar-refractivity contribution is 5.89. The number of nitro benzene ring substituents is 1. The summed E-state index contributed by atoms with van der Waals surface area (Å²) in [6.45, 7) is 2.36. The van der Waals surface area contributed by atoms with Gasteiger partial charge in [0.2, 0.25) is 0 Å². The number of esters is 1. The number of benzene rings is 2. The van der Waals surface area contributed by atoms with Crippen molar-refractivity contribution in [3.8, 4) is 5.75 Å². The lowest BCUT2D eigenvalue weighted by molar-refractivity contribution is -0.385. The van der Waals surface area contributed by atoms with Crippen molar-refractivity contribution in [1.82, 2.24) is 0 Å². The van der Waals surface area contributed by atoms with Crippen LogP contribution in [0.3, 0.4) is 0 Å². The Morgan fingerprint density at radius 1 is 1.09 bits per heavy atom. The second kappa shape index (κ2) is 7.93. The Labute approximate surface area is 133 Å². The van der Waals surface area contributed by atoms with E-state index in [0.717, 1.165) is 5.56 Å². The van der Waals surface area contributed by atoms with Gasteiger partial charge in [0.1, 0.15) is 0 Å². The van der Waals surface area contributed by atoms with E-state index in [4.69, 9.17) is 9.47 Å². The van der Waals surface area contributed by atoms with Crippen molar-refractivity contribution in [2.24, 2.45) is 0 Å². The molecule has 0 saturated heterocycles. The van der Waals surface area contributed by atoms with Crippen molar-refractivity contribution >= 4 is 11.7 Å². The van der Waals surface area contributed by atoms with E-state index < -0.39 is 10.9 Å². The first-order valence-corrected chi connectivity index (χ1v) is 7.18. The van der Waals surface area contributed by atoms with Crippen molar-refractivity contribution in [3.05, 3.63) is 69.8 Å². The maximum Gasteiger partial charge on any atom is 0.338 e. The number of hydrogen-bond acceptors (Lipinski definition) is 5. The zero-order valence-corrected chi connectivity index (χ0v) is 12.7. The summed E-state index contributed by atoms with van der Waals surface area (Å²) in [5.74, 6) is -0.182. The third kappa shape index (κ3) is 4.81. The molecule has 0 aliphatic heterocycles. The molecule has 6 heteroatoms. The highest BCUT2D eigenvalue weighted by atomic mass is 16.6. The van der Waals surface area contributed by atoms with Crippen molar-refractivity contribution in [1.29, 1.82) is 0 Å². The van der Waals surface area contributed by atoms with E-state index in [-0.39, 0.29) is 24.7 Å². The number of nitrogens with zero attached hydrogens (tertiary/aromatic N) is 1. The number of para-hydroxylation sites is 2. The summed E-state index contributed by atoms with van der Waals surface area (Å²) < 4.78 is 10.5. The molecule has 0 spiro atoms. The van der Waals surface area contributed by atoms with Gasteiger partial charge in [-0.25, -0.2) is 4.79 Å². The Morgan fingerprint density at radius 3 is 2.48 bits per heavy atom. The van der Waals surface area contributed by atoms with Crippen LogP contribution in [0.15, 0.2) is 48.5 Å². The first-order valence-electron chi connectivity index (χ1n) is 7.18. The molecular weight excluding hydrogens is 298 g/mol. The predicted molar refractivity (Wildman–Crippen MR) is 84.7 cm³/mol. The maximum atomic E-state index is 11.8. The first-order chi connectivity index (χ1) is 11.1. The number of rotatable bonds is 7. The van der Waals surface area contributed by atoms with Crippen LogP contribution in [0.25, 0.3) is 0 Å². The van der Waals surface area contributed by atoms with E-state index in [1.807, 2.05) is 19.1 Å². The molecule has 0 aliphatic carbocycles. The van der Waals surface area contributed by atoms with Crippen molar-refractivity contribution < 1.29 is 19.2 Å². The summed E-state index contributed by atoms with van der Waals surface area (Å²) >= 11 is 0. The second-order valence-electron chi connectivity index (χ2n) is 4.93. The second-order valence-corrected chi connectivity index (χ2v) is 4.93. The van der Waals surface area contributed by atoms with E-state index in [1.54, 1.807) is 24.3 Å². The Bertz CT molecular complexity index is 682. The molecule has 0 atom stereocenters. The lowest BCUT2D eigenvalue weighted by atomic mass is 10.1. The number of carbonyl (C=O) groups excluding carboxylic acids is 1. The fourth-order valence-corrected chi connectivity index (χ4v) is 1.91. The van der Waals surface area contributed by atoms with Gasteiger partial charge < -0.3 is 9.47 Å². The fourth-order valence-electron chi connectivity index (χ4n) is 1.91. The largest absolute Gasteiger partial charge is 0.487 e. The molecule has 0 unspecified atom stereocenters. The van der Waals surface area contributed by atoms with Crippen LogP contribution in [0.4, 0.5) is 5.69 Å². The number of aryl methyl sites for hydroxylation is 1. The van der Waals surface area contributed by atoms with Crippen LogP contribution in [0, 0.1) is 17.0 Å². The van der Waals surface area contributed by atoms with Gasteiger partial charge >= 0.3 is 11.7 Å². The van der Waals surface area contributed by atoms with E-state index in [1.165, 1.54) is 12.1 Å². The monoisotopic (exact) mass is 315 g/mol. The lowest BCUT2D eigenvalue weighted by Crippen LogP contribution is -2.09. The fraction of sp³-hybridized carbons (Fsp3) is 0.235. The molecule has 0 N–H and O–H groups in total. The van der Waals surface area contributed by atoms with Crippen LogP contribution in [0.5, 0.6) is 5.75 Å². The maximum absolute atomic E-state index is 11.8. The van der Waals surface area contributed by atoms with Gasteiger partial charge in [0.15, 0.2) is 5.75 Å². The van der Waals surface area contributed by atoms with E-state index >= 15 is 0 Å². The van der Waals surface area contributed by atoms with Gasteiger partial charge in [-0.15, -0.1) is 0 Å². The quantitative estimate of drug-likeness (QED) is 0.338. The smallest absolute Gasteiger partial charge is 0.338 e. The van der Waals surface area contributed by atoms with Crippen LogP contribution in [0.1, 0.15) is 22.3 Å². The van der Waals surface area contributed by atoms with Crippen LogP contribution in [-0.2, 0) is 4.74 Å². The van der Waals surface area contributed by atoms with Crippen LogP contribution in [-0.4, -0.2) is 24.1 Å². The molecule has 0 heterocycles. The van der Waals surface area contributed by atoms with Crippen molar-refractivity contribution in [3.63, 3.8) is 0 Å². The minimum Gasteiger partial charge on any atom is -0.487 e. The van der Waals surface area contributed by atoms with Crippen molar-refractivity contribution in [2.75, 3.05) is 13.2 Å². The molecule has 0 fully saturated rings. The Balaban J connectivity index is 1.75. The normalized spacial score (nSPS) is 10.1. The third-order valence-corrected chi connectivity index (χ3v) is 3.13. The van der Waals surface area contributed by atoms with E-state index in [2.05, 4.69) is 0 Å². The van der Waals surface area contributed by atoms with Gasteiger partial charge in [-0.2, -0.15) is 0 Å². The molecule has 6 nitrogen and oxygen atoms in total. The third-order valence-electron chi connectivity index (χ3n) is 3.13. The van der Waals surface area contributed by atoms with Gasteiger partial charge in [0.05, 0.1) is 23.7 Å². The molecule has 0 aliphatic rings. The summed E-state index contributed by atoms with van der Waals surface area (Å²) in [4.78, 5) is 22.1. The van der Waals surface area contributed by atoms with Gasteiger partial charge in [-0.1, -0.05) is 29.8 Å². The summed E-state index contributed by atoms with van der Waals surface area (Å²) in [6, 6.07) is 13.3. The average molecular weight is 315 g/mol. The van der Waals surface area contributed by atoms with Gasteiger partial charge in [0.25, 0.3) is 0 Å². The topological polar surface area (TPSA) is 78.7 Å². The predicted octanol–water partition coefficient (Wildman–Crippen LogP) is 3.53. The van der Waals surface area contributed by atoms with Crippen molar-refractivity contribution in [2.45, 2.75) is 13.3 Å². The highest BCUT2D eigenvalue weighted by Gasteiger charge is 2.13. The zero-order chi connectivity index (χ0) is 16.7. The number of ether oxygens (including phenoxy) is 2. The Morgan fingerprint density at radius 2 is 1.78 bits per heavy atom. The summed E-state index contributed by atoms with van der Waals surface area (Å²) in [6.07, 6.45) is 0.448. The van der Waals surface area contributed by atoms with E-state index in [9.17, 15) is 14.9 Å². The standard InChI is InChI=1S/C17H17NO5/c1-13-7-9-14(10-8-13)17(19)23-12-4-11-22-16-6-3-2-5-15(16)18(20)21/h2-3,5-10H,4,11-12H2,1H3. The molecule has 2 rings (SSSR count). The van der Waals surface area contributed by atoms with Crippen LogP contribution >= 0.6 is 0 Å². The molecule has 23 heavy (non-hydrogen) atoms. The van der Waals surface area contributed by atoms with Crippen LogP contribution in [0.2, 0.25) is 0 Å². The minimum absolute atomic E-state index is 0.0795. The number of nitro groups is 1. The Kier molecular flexibility index (Phi) is 5.68. The first kappa shape index (κ1) is 16.5. The molecule has 0 radical (unpaired) electrons. The summed E-state index contributed by atoms with van der Waals surface area (Å²) in [7, 11) is 0. The zero-order valence-electron chi connectivity index (χ0n) is 12.7. The molecule has 0 aromatic heterocycles. The molecular formula is C17H17NO5. The minimum atomic E-state index is -0.493. The van der Waals surface area contributed by atoms with E-state index in [0.29, 0.717) is 12.0 Å². The van der Waals surface area contributed by atoms with Gasteiger partial charge in [-0.05, 0) is 25.1 Å². The molecule has 2 aromatic rings. The molecule has 0 amide bonds. The van der Waals surface area contributed by atoms with Gasteiger partial charge in [-0.3, -0.25) is 10.1 Å². The number of carbonyl (C=O) groups is 1. The Hall–Kier alpha value is -2.89. The summed E-state index contributed by atoms with van der Waals surface area (Å²) in [5.41, 5.74) is 1.48. The molecule has 0 saturated carbocycles. The van der Waals surface area contributed by atoms with Gasteiger partial charge in [0, 0.05) is 12.5 Å². The number of hydrogen-bond donors (Lipinski definition) is 0. The van der Waals surface area contributed by atoms with Crippen LogP contribution < -0.4 is 4.74 Å². The molecule has 2 aromatic carbocycles. The SMILES string of the molecule is Cc1ccc(C(=O)OCCCOc2ccccc2[N+](=O)[O-])cc1. The summed E-state index contributed by atoms with van der Waals surface area (Å²) in [5, 5.41) is 10.8. The molecule has 0 bridgehead atoms. The highest BCUT2D eigenvalue weighted by Crippen LogP contribution is 2.25. The average Bonchev–Trinajstić information content (AvgIpc) is 2.55. The molecule has 120 valence electrons.